The number of hydrogen-bond acceptors (Lipinski definition) is 4. The summed E-state index contributed by atoms with van der Waals surface area (Å²) in [6, 6.07) is 6.93. The Balaban J connectivity index is 1.85. The third-order valence-electron chi connectivity index (χ3n) is 4.53. The van der Waals surface area contributed by atoms with Gasteiger partial charge in [-0.15, -0.1) is 0 Å². The molecule has 0 aromatic heterocycles. The van der Waals surface area contributed by atoms with Crippen molar-refractivity contribution in [2.75, 3.05) is 23.9 Å². The monoisotopic (exact) mass is 349 g/mol. The molecule has 8 heteroatoms. The van der Waals surface area contributed by atoms with Gasteiger partial charge in [-0.25, -0.2) is 8.60 Å². The molecule has 2 aliphatic rings. The van der Waals surface area contributed by atoms with Crippen molar-refractivity contribution in [3.8, 4) is 5.75 Å². The van der Waals surface area contributed by atoms with Gasteiger partial charge in [-0.1, -0.05) is 12.1 Å². The lowest BCUT2D eigenvalue weighted by Gasteiger charge is -2.18. The van der Waals surface area contributed by atoms with Crippen molar-refractivity contribution >= 4 is 33.5 Å². The third kappa shape index (κ3) is 2.42. The quantitative estimate of drug-likeness (QED) is 0.763. The maximum absolute atomic E-state index is 15.1. The van der Waals surface area contributed by atoms with Crippen LogP contribution in [0.5, 0.6) is 5.75 Å². The Morgan fingerprint density at radius 1 is 1.33 bits per heavy atom. The molecule has 2 aromatic rings. The summed E-state index contributed by atoms with van der Waals surface area (Å²) in [5.74, 6) is -1.14. The Morgan fingerprint density at radius 2 is 2.17 bits per heavy atom. The highest BCUT2D eigenvalue weighted by Gasteiger charge is 2.32. The molecule has 2 fully saturated rings. The minimum absolute atomic E-state index is 0.208. The number of phenolic OH excluding ortho intramolecular Hbond substituents is 1. The highest BCUT2D eigenvalue weighted by Crippen LogP contribution is 2.38. The first-order valence-electron chi connectivity index (χ1n) is 7.69. The first kappa shape index (κ1) is 15.3. The summed E-state index contributed by atoms with van der Waals surface area (Å²) in [6.07, 6.45) is 0.993. The molecule has 126 valence electrons. The van der Waals surface area contributed by atoms with Crippen molar-refractivity contribution in [3.63, 3.8) is 0 Å². The number of anilines is 1. The molecule has 0 spiro atoms. The molecule has 2 saturated heterocycles. The summed E-state index contributed by atoms with van der Waals surface area (Å²) in [5.41, 5.74) is 0.820. The van der Waals surface area contributed by atoms with Gasteiger partial charge in [0.15, 0.2) is 5.82 Å². The van der Waals surface area contributed by atoms with Crippen LogP contribution in [0.1, 0.15) is 17.9 Å². The zero-order valence-electron chi connectivity index (χ0n) is 12.7. The number of aromatic hydroxyl groups is 1. The fourth-order valence-electron chi connectivity index (χ4n) is 3.31. The number of hydrogen-bond donors (Lipinski definition) is 3. The molecule has 3 N–H and O–H groups in total. The van der Waals surface area contributed by atoms with E-state index in [2.05, 4.69) is 10.0 Å². The minimum atomic E-state index is -1.89. The molecule has 4 rings (SSSR count). The fraction of sp³-hybridized carbons (Fsp3) is 0.312. The van der Waals surface area contributed by atoms with Crippen molar-refractivity contribution in [3.05, 3.63) is 35.6 Å². The zero-order chi connectivity index (χ0) is 16.8. The SMILES string of the molecule is O=C1CN(c2c(O)cc3ccc(C4CCNC4)cc3c2F)S(=O)N1. The van der Waals surface area contributed by atoms with Crippen LogP contribution < -0.4 is 14.3 Å². The number of nitrogens with one attached hydrogen (secondary N) is 2. The summed E-state index contributed by atoms with van der Waals surface area (Å²) in [4.78, 5) is 11.4. The molecule has 0 radical (unpaired) electrons. The molecule has 2 unspecified atom stereocenters. The zero-order valence-corrected chi connectivity index (χ0v) is 13.5. The molecule has 2 heterocycles. The Hall–Kier alpha value is -2.19. The lowest BCUT2D eigenvalue weighted by molar-refractivity contribution is -0.117. The van der Waals surface area contributed by atoms with Crippen molar-refractivity contribution in [2.45, 2.75) is 12.3 Å². The van der Waals surface area contributed by atoms with Crippen LogP contribution in [0.25, 0.3) is 10.8 Å². The molecule has 6 nitrogen and oxygen atoms in total. The van der Waals surface area contributed by atoms with Crippen molar-refractivity contribution in [1.29, 1.82) is 0 Å². The third-order valence-corrected chi connectivity index (χ3v) is 5.64. The van der Waals surface area contributed by atoms with E-state index in [0.29, 0.717) is 16.7 Å². The molecule has 2 aromatic carbocycles. The second-order valence-electron chi connectivity index (χ2n) is 6.04. The normalized spacial score (nSPS) is 23.9. The van der Waals surface area contributed by atoms with Crippen LogP contribution in [0.15, 0.2) is 24.3 Å². The van der Waals surface area contributed by atoms with Crippen LogP contribution in [0.2, 0.25) is 0 Å². The molecule has 0 bridgehead atoms. The van der Waals surface area contributed by atoms with E-state index < -0.39 is 22.9 Å². The summed E-state index contributed by atoms with van der Waals surface area (Å²) in [5, 5.41) is 14.4. The number of halogens is 1. The minimum Gasteiger partial charge on any atom is -0.506 e. The summed E-state index contributed by atoms with van der Waals surface area (Å²) in [6.45, 7) is 1.54. The molecular weight excluding hydrogens is 333 g/mol. The van der Waals surface area contributed by atoms with Crippen LogP contribution in [-0.2, 0) is 16.0 Å². The number of amides is 1. The molecule has 2 atom stereocenters. The first-order valence-corrected chi connectivity index (χ1v) is 8.80. The van der Waals surface area contributed by atoms with Crippen molar-refractivity contribution < 1.29 is 18.5 Å². The highest BCUT2D eigenvalue weighted by molar-refractivity contribution is 7.85. The smallest absolute Gasteiger partial charge is 0.253 e. The predicted octanol–water partition coefficient (Wildman–Crippen LogP) is 1.28. The van der Waals surface area contributed by atoms with Crippen LogP contribution in [0.4, 0.5) is 10.1 Å². The van der Waals surface area contributed by atoms with Gasteiger partial charge in [0.05, 0.1) is 0 Å². The first-order chi connectivity index (χ1) is 11.5. The van der Waals surface area contributed by atoms with Crippen LogP contribution >= 0.6 is 0 Å². The fourth-order valence-corrected chi connectivity index (χ4v) is 4.26. The summed E-state index contributed by atoms with van der Waals surface area (Å²) in [7, 11) is 0. The Labute approximate surface area is 140 Å². The molecule has 0 aliphatic carbocycles. The standard InChI is InChI=1S/C16H16FN3O3S/c17-15-12-5-9(11-3-4-18-7-11)1-2-10(12)6-13(21)16(15)20-8-14(22)19-24(20)23/h1-2,5-6,11,18,21H,3-4,7-8H2,(H,19,22). The van der Waals surface area contributed by atoms with Gasteiger partial charge in [0.2, 0.25) is 11.2 Å². The van der Waals surface area contributed by atoms with Gasteiger partial charge < -0.3 is 10.4 Å². The molecule has 24 heavy (non-hydrogen) atoms. The van der Waals surface area contributed by atoms with Crippen LogP contribution in [0.3, 0.4) is 0 Å². The molecular formula is C16H16FN3O3S. The number of carbonyl (C=O) groups excluding carboxylic acids is 1. The van der Waals surface area contributed by atoms with Gasteiger partial charge in [0.1, 0.15) is 18.0 Å². The maximum Gasteiger partial charge on any atom is 0.253 e. The van der Waals surface area contributed by atoms with E-state index in [4.69, 9.17) is 0 Å². The van der Waals surface area contributed by atoms with E-state index in [1.807, 2.05) is 6.07 Å². The number of benzene rings is 2. The topological polar surface area (TPSA) is 81.7 Å². The largest absolute Gasteiger partial charge is 0.506 e. The van der Waals surface area contributed by atoms with Gasteiger partial charge in [-0.2, -0.15) is 0 Å². The number of nitrogens with zero attached hydrogens (tertiary/aromatic N) is 1. The molecule has 2 aliphatic heterocycles. The predicted molar refractivity (Wildman–Crippen MR) is 89.4 cm³/mol. The van der Waals surface area contributed by atoms with E-state index in [-0.39, 0.29) is 18.0 Å². The number of carbonyl (C=O) groups is 1. The summed E-state index contributed by atoms with van der Waals surface area (Å²) >= 11 is -1.89. The second-order valence-corrected chi connectivity index (χ2v) is 7.18. The van der Waals surface area contributed by atoms with Crippen molar-refractivity contribution in [1.82, 2.24) is 10.0 Å². The van der Waals surface area contributed by atoms with Crippen molar-refractivity contribution in [2.24, 2.45) is 0 Å². The lowest BCUT2D eigenvalue weighted by atomic mass is 9.95. The Morgan fingerprint density at radius 3 is 2.83 bits per heavy atom. The van der Waals surface area contributed by atoms with Crippen LogP contribution in [0, 0.1) is 5.82 Å². The average molecular weight is 349 g/mol. The molecule has 0 saturated carbocycles. The number of fused-ring (bicyclic) bond motifs is 1. The van der Waals surface area contributed by atoms with Gasteiger partial charge in [0, 0.05) is 11.9 Å². The van der Waals surface area contributed by atoms with Gasteiger partial charge >= 0.3 is 0 Å². The summed E-state index contributed by atoms with van der Waals surface area (Å²) < 4.78 is 30.2. The highest BCUT2D eigenvalue weighted by atomic mass is 32.2. The average Bonchev–Trinajstić information content (AvgIpc) is 3.17. The van der Waals surface area contributed by atoms with E-state index >= 15 is 4.39 Å². The molecule has 1 amide bonds. The number of rotatable bonds is 2. The number of phenols is 1. The van der Waals surface area contributed by atoms with Gasteiger partial charge in [-0.05, 0) is 42.0 Å². The second kappa shape index (κ2) is 5.71. The van der Waals surface area contributed by atoms with E-state index in [0.717, 1.165) is 29.4 Å². The lowest BCUT2D eigenvalue weighted by Crippen LogP contribution is -2.23. The van der Waals surface area contributed by atoms with Crippen LogP contribution in [-0.4, -0.2) is 34.9 Å². The van der Waals surface area contributed by atoms with Gasteiger partial charge in [0.25, 0.3) is 5.91 Å². The Bertz CT molecular complexity index is 867. The van der Waals surface area contributed by atoms with E-state index in [1.54, 1.807) is 12.1 Å². The van der Waals surface area contributed by atoms with E-state index in [9.17, 15) is 14.1 Å². The van der Waals surface area contributed by atoms with Gasteiger partial charge in [-0.3, -0.25) is 13.8 Å². The van der Waals surface area contributed by atoms with E-state index in [1.165, 1.54) is 6.07 Å². The maximum atomic E-state index is 15.1. The Kier molecular flexibility index (Phi) is 3.65.